The number of fused-ring (bicyclic) bond motifs is 1. The molecular weight excluding hydrogens is 458 g/mol. The molecule has 10 nitrogen and oxygen atoms in total. The zero-order chi connectivity index (χ0) is 24.5. The van der Waals surface area contributed by atoms with E-state index in [1.165, 1.54) is 16.4 Å². The molecule has 184 valence electrons. The first-order valence-corrected chi connectivity index (χ1v) is 13.1. The summed E-state index contributed by atoms with van der Waals surface area (Å²) in [5.74, 6) is 1.32. The summed E-state index contributed by atoms with van der Waals surface area (Å²) < 4.78 is 35.4. The van der Waals surface area contributed by atoms with Gasteiger partial charge in [0.1, 0.15) is 11.6 Å². The van der Waals surface area contributed by atoms with Crippen LogP contribution in [0.2, 0.25) is 0 Å². The minimum Gasteiger partial charge on any atom is -0.493 e. The van der Waals surface area contributed by atoms with Gasteiger partial charge in [0, 0.05) is 19.5 Å². The van der Waals surface area contributed by atoms with E-state index in [1.807, 2.05) is 13.8 Å². The van der Waals surface area contributed by atoms with Crippen LogP contribution in [0.5, 0.6) is 5.75 Å². The number of aromatic amines is 1. The number of aliphatic hydroxyl groups is 1. The Bertz CT molecular complexity index is 1340. The number of aliphatic hydroxyl groups excluding tert-OH is 1. The van der Waals surface area contributed by atoms with Gasteiger partial charge in [-0.1, -0.05) is 13.8 Å². The van der Waals surface area contributed by atoms with Crippen molar-refractivity contribution in [2.75, 3.05) is 19.7 Å². The van der Waals surface area contributed by atoms with Crippen molar-refractivity contribution in [3.05, 3.63) is 40.1 Å². The molecule has 3 aromatic rings. The average molecular weight is 490 g/mol. The summed E-state index contributed by atoms with van der Waals surface area (Å²) in [7, 11) is -3.79. The Morgan fingerprint density at radius 2 is 1.94 bits per heavy atom. The summed E-state index contributed by atoms with van der Waals surface area (Å²) in [6.45, 7) is 6.70. The number of benzene rings is 1. The van der Waals surface area contributed by atoms with Crippen molar-refractivity contribution in [1.82, 2.24) is 23.9 Å². The van der Waals surface area contributed by atoms with Gasteiger partial charge in [0.15, 0.2) is 11.3 Å². The van der Waals surface area contributed by atoms with E-state index in [2.05, 4.69) is 15.1 Å². The Hall–Kier alpha value is -2.76. The Labute approximate surface area is 198 Å². The fraction of sp³-hybridized carbons (Fsp3) is 0.522. The third-order valence-corrected chi connectivity index (χ3v) is 7.84. The number of nitrogens with zero attached hydrogens (tertiary/aromatic N) is 4. The lowest BCUT2D eigenvalue weighted by molar-refractivity contribution is 0.113. The summed E-state index contributed by atoms with van der Waals surface area (Å²) in [5.41, 5.74) is 1.00. The van der Waals surface area contributed by atoms with Gasteiger partial charge in [-0.2, -0.15) is 4.31 Å². The van der Waals surface area contributed by atoms with Gasteiger partial charge in [0.05, 0.1) is 28.9 Å². The van der Waals surface area contributed by atoms with Gasteiger partial charge in [-0.3, -0.25) is 4.79 Å². The lowest BCUT2D eigenvalue weighted by atomic mass is 10.1. The van der Waals surface area contributed by atoms with E-state index in [4.69, 9.17) is 4.74 Å². The van der Waals surface area contributed by atoms with Gasteiger partial charge in [-0.15, -0.1) is 5.10 Å². The number of hydrogen-bond donors (Lipinski definition) is 2. The highest BCUT2D eigenvalue weighted by Gasteiger charge is 2.30. The van der Waals surface area contributed by atoms with Crippen LogP contribution in [0, 0.1) is 6.92 Å². The zero-order valence-corrected chi connectivity index (χ0v) is 20.6. The Kier molecular flexibility index (Phi) is 7.06. The van der Waals surface area contributed by atoms with Crippen molar-refractivity contribution in [3.8, 4) is 17.1 Å². The van der Waals surface area contributed by atoms with Crippen molar-refractivity contribution < 1.29 is 18.3 Å². The summed E-state index contributed by atoms with van der Waals surface area (Å²) >= 11 is 0. The van der Waals surface area contributed by atoms with E-state index >= 15 is 0 Å². The predicted molar refractivity (Wildman–Crippen MR) is 128 cm³/mol. The molecule has 1 aromatic carbocycles. The molecule has 0 bridgehead atoms. The van der Waals surface area contributed by atoms with Crippen molar-refractivity contribution in [1.29, 1.82) is 0 Å². The largest absolute Gasteiger partial charge is 0.493 e. The maximum Gasteiger partial charge on any atom is 0.277 e. The second kappa shape index (κ2) is 9.85. The first kappa shape index (κ1) is 24.4. The standard InChI is InChI=1S/C23H31N5O5S/c1-4-6-20-24-15(3)21-23(30)25-22(26-28(20)21)18-14-17(7-8-19(18)33-13-5-2)34(31,32)27-11-9-16(29)10-12-27/h7-8,14,16,29H,4-6,9-13H2,1-3H3,(H,25,26,30). The van der Waals surface area contributed by atoms with Crippen LogP contribution in [-0.2, 0) is 16.4 Å². The molecule has 1 saturated heterocycles. The number of H-pyrrole nitrogens is 1. The van der Waals surface area contributed by atoms with Crippen LogP contribution in [0.4, 0.5) is 0 Å². The predicted octanol–water partition coefficient (Wildman–Crippen LogP) is 2.28. The monoisotopic (exact) mass is 489 g/mol. The third kappa shape index (κ3) is 4.59. The van der Waals surface area contributed by atoms with Gasteiger partial charge < -0.3 is 14.8 Å². The maximum absolute atomic E-state index is 13.3. The highest BCUT2D eigenvalue weighted by atomic mass is 32.2. The molecule has 0 unspecified atom stereocenters. The maximum atomic E-state index is 13.3. The van der Waals surface area contributed by atoms with E-state index in [-0.39, 0.29) is 29.4 Å². The highest BCUT2D eigenvalue weighted by Crippen LogP contribution is 2.32. The van der Waals surface area contributed by atoms with Gasteiger partial charge in [-0.05, 0) is 50.8 Å². The number of hydrogen-bond acceptors (Lipinski definition) is 7. The Morgan fingerprint density at radius 1 is 1.21 bits per heavy atom. The van der Waals surface area contributed by atoms with Crippen LogP contribution in [0.25, 0.3) is 16.9 Å². The number of rotatable bonds is 8. The molecule has 0 saturated carbocycles. The van der Waals surface area contributed by atoms with Gasteiger partial charge in [0.25, 0.3) is 5.56 Å². The third-order valence-electron chi connectivity index (χ3n) is 5.95. The number of piperidine rings is 1. The second-order valence-corrected chi connectivity index (χ2v) is 10.5. The molecule has 1 fully saturated rings. The fourth-order valence-corrected chi connectivity index (χ4v) is 5.66. The molecule has 2 aromatic heterocycles. The molecule has 1 aliphatic heterocycles. The SMILES string of the molecule is CCCOc1ccc(S(=O)(=O)N2CCC(O)CC2)cc1-c1nn2c(CCC)nc(C)c2c(=O)[nH]1. The number of nitrogens with one attached hydrogen (secondary N) is 1. The minimum absolute atomic E-state index is 0.0843. The van der Waals surface area contributed by atoms with E-state index < -0.39 is 16.1 Å². The fourth-order valence-electron chi connectivity index (χ4n) is 4.17. The molecule has 0 amide bonds. The molecule has 11 heteroatoms. The number of ether oxygens (including phenoxy) is 1. The molecule has 4 rings (SSSR count). The van der Waals surface area contributed by atoms with Crippen LogP contribution in [0.1, 0.15) is 51.0 Å². The molecule has 0 spiro atoms. The number of aryl methyl sites for hydroxylation is 2. The molecule has 1 aliphatic rings. The van der Waals surface area contributed by atoms with E-state index in [0.717, 1.165) is 12.8 Å². The highest BCUT2D eigenvalue weighted by molar-refractivity contribution is 7.89. The molecule has 34 heavy (non-hydrogen) atoms. The Morgan fingerprint density at radius 3 is 2.62 bits per heavy atom. The smallest absolute Gasteiger partial charge is 0.277 e. The molecular formula is C23H31N5O5S. The topological polar surface area (TPSA) is 130 Å². The second-order valence-electron chi connectivity index (χ2n) is 8.57. The van der Waals surface area contributed by atoms with Crippen LogP contribution >= 0.6 is 0 Å². The molecule has 0 atom stereocenters. The van der Waals surface area contributed by atoms with Gasteiger partial charge in [-0.25, -0.2) is 17.9 Å². The molecule has 3 heterocycles. The number of sulfonamides is 1. The first-order valence-electron chi connectivity index (χ1n) is 11.7. The number of aromatic nitrogens is 4. The van der Waals surface area contributed by atoms with Crippen LogP contribution in [-0.4, -0.2) is 63.2 Å². The van der Waals surface area contributed by atoms with E-state index in [0.29, 0.717) is 54.2 Å². The number of imidazole rings is 1. The van der Waals surface area contributed by atoms with Crippen molar-refractivity contribution in [2.24, 2.45) is 0 Å². The van der Waals surface area contributed by atoms with E-state index in [1.54, 1.807) is 17.5 Å². The summed E-state index contributed by atoms with van der Waals surface area (Å²) in [6.07, 6.45) is 2.57. The molecule has 0 aliphatic carbocycles. The molecule has 0 radical (unpaired) electrons. The Balaban J connectivity index is 1.85. The van der Waals surface area contributed by atoms with Gasteiger partial charge >= 0.3 is 0 Å². The summed E-state index contributed by atoms with van der Waals surface area (Å²) in [4.78, 5) is 20.3. The lowest BCUT2D eigenvalue weighted by Gasteiger charge is -2.29. The van der Waals surface area contributed by atoms with Crippen LogP contribution in [0.3, 0.4) is 0 Å². The minimum atomic E-state index is -3.79. The van der Waals surface area contributed by atoms with E-state index in [9.17, 15) is 18.3 Å². The van der Waals surface area contributed by atoms with Crippen LogP contribution < -0.4 is 10.3 Å². The average Bonchev–Trinajstić information content (AvgIpc) is 3.13. The lowest BCUT2D eigenvalue weighted by Crippen LogP contribution is -2.40. The zero-order valence-electron chi connectivity index (χ0n) is 19.7. The normalized spacial score (nSPS) is 15.8. The first-order chi connectivity index (χ1) is 16.3. The van der Waals surface area contributed by atoms with Crippen LogP contribution in [0.15, 0.2) is 27.9 Å². The quantitative estimate of drug-likeness (QED) is 0.496. The summed E-state index contributed by atoms with van der Waals surface area (Å²) in [6, 6.07) is 4.61. The summed E-state index contributed by atoms with van der Waals surface area (Å²) in [5, 5.41) is 14.4. The van der Waals surface area contributed by atoms with Crippen molar-refractivity contribution in [3.63, 3.8) is 0 Å². The van der Waals surface area contributed by atoms with Gasteiger partial charge in [0.2, 0.25) is 10.0 Å². The van der Waals surface area contributed by atoms with Crippen molar-refractivity contribution >= 4 is 15.5 Å². The van der Waals surface area contributed by atoms with Crippen molar-refractivity contribution in [2.45, 2.75) is 63.9 Å². The molecule has 2 N–H and O–H groups in total.